The van der Waals surface area contributed by atoms with Crippen molar-refractivity contribution in [2.24, 2.45) is 4.99 Å². The Labute approximate surface area is 167 Å². The Hall–Kier alpha value is -0.600. The molecular weight excluding hydrogens is 431 g/mol. The number of hydrogen-bond donors (Lipinski definition) is 1. The zero-order valence-electron chi connectivity index (χ0n) is 14.9. The van der Waals surface area contributed by atoms with E-state index in [1.54, 1.807) is 0 Å². The summed E-state index contributed by atoms with van der Waals surface area (Å²) in [6.07, 6.45) is 5.79. The van der Waals surface area contributed by atoms with Gasteiger partial charge in [-0.05, 0) is 17.9 Å². The van der Waals surface area contributed by atoms with Crippen LogP contribution in [0.5, 0.6) is 0 Å². The molecule has 1 fully saturated rings. The maximum absolute atomic E-state index is 4.52. The van der Waals surface area contributed by atoms with Crippen LogP contribution in [0.15, 0.2) is 34.7 Å². The zero-order valence-corrected chi connectivity index (χ0v) is 18.0. The fourth-order valence-electron chi connectivity index (χ4n) is 3.41. The van der Waals surface area contributed by atoms with Gasteiger partial charge in [-0.3, -0.25) is 9.89 Å². The first-order valence-corrected chi connectivity index (χ1v) is 9.37. The molecule has 24 heavy (non-hydrogen) atoms. The number of aliphatic imine (C=N–C) groups is 1. The molecule has 3 rings (SSSR count). The summed E-state index contributed by atoms with van der Waals surface area (Å²) in [5, 5.41) is 5.75. The lowest BCUT2D eigenvalue weighted by atomic mass is 9.91. The molecule has 0 spiro atoms. The molecular formula is C18H29IN4S. The van der Waals surface area contributed by atoms with E-state index >= 15 is 0 Å². The van der Waals surface area contributed by atoms with E-state index in [0.29, 0.717) is 6.04 Å². The Morgan fingerprint density at radius 3 is 2.75 bits per heavy atom. The molecule has 0 radical (unpaired) electrons. The predicted molar refractivity (Wildman–Crippen MR) is 115 cm³/mol. The highest BCUT2D eigenvalue weighted by Crippen LogP contribution is 2.27. The zero-order chi connectivity index (χ0) is 16.3. The van der Waals surface area contributed by atoms with Gasteiger partial charge in [-0.15, -0.1) is 35.3 Å². The second-order valence-electron chi connectivity index (χ2n) is 7.08. The molecule has 3 heterocycles. The number of hydrogen-bond acceptors (Lipinski definition) is 3. The molecule has 2 aliphatic rings. The molecule has 0 aromatic carbocycles. The van der Waals surface area contributed by atoms with Gasteiger partial charge in [0, 0.05) is 56.1 Å². The van der Waals surface area contributed by atoms with Crippen molar-refractivity contribution in [3.63, 3.8) is 0 Å². The van der Waals surface area contributed by atoms with Crippen LogP contribution in [0.3, 0.4) is 0 Å². The van der Waals surface area contributed by atoms with E-state index in [0.717, 1.165) is 38.7 Å². The average Bonchev–Trinajstić information content (AvgIpc) is 3.28. The first-order chi connectivity index (χ1) is 11.1. The van der Waals surface area contributed by atoms with E-state index in [2.05, 4.69) is 63.6 Å². The fraction of sp³-hybridized carbons (Fsp3) is 0.611. The van der Waals surface area contributed by atoms with Crippen molar-refractivity contribution in [1.29, 1.82) is 0 Å². The number of nitrogens with zero attached hydrogens (tertiary/aromatic N) is 3. The van der Waals surface area contributed by atoms with Gasteiger partial charge in [-0.1, -0.05) is 32.1 Å². The molecule has 1 aromatic heterocycles. The fourth-order valence-corrected chi connectivity index (χ4v) is 4.26. The highest BCUT2D eigenvalue weighted by molar-refractivity contribution is 14.0. The lowest BCUT2D eigenvalue weighted by molar-refractivity contribution is 0.259. The van der Waals surface area contributed by atoms with Crippen LogP contribution in [0.2, 0.25) is 0 Å². The van der Waals surface area contributed by atoms with Crippen molar-refractivity contribution >= 4 is 41.3 Å². The van der Waals surface area contributed by atoms with Crippen molar-refractivity contribution in [2.45, 2.75) is 31.7 Å². The molecule has 4 nitrogen and oxygen atoms in total. The maximum Gasteiger partial charge on any atom is 0.193 e. The summed E-state index contributed by atoms with van der Waals surface area (Å²) in [4.78, 5) is 10.9. The minimum absolute atomic E-state index is 0. The third-order valence-electron chi connectivity index (χ3n) is 4.91. The van der Waals surface area contributed by atoms with Crippen LogP contribution in [0, 0.1) is 0 Å². The molecule has 0 amide bonds. The number of thiophene rings is 1. The molecule has 1 atom stereocenters. The normalized spacial score (nSPS) is 22.0. The van der Waals surface area contributed by atoms with Crippen LogP contribution >= 0.6 is 35.3 Å². The largest absolute Gasteiger partial charge is 0.355 e. The van der Waals surface area contributed by atoms with Crippen molar-refractivity contribution < 1.29 is 0 Å². The number of rotatable bonds is 4. The quantitative estimate of drug-likeness (QED) is 0.324. The minimum atomic E-state index is 0. The molecule has 0 aliphatic carbocycles. The van der Waals surface area contributed by atoms with Gasteiger partial charge in [0.05, 0.1) is 0 Å². The summed E-state index contributed by atoms with van der Waals surface area (Å²) in [7, 11) is 1.89. The standard InChI is InChI=1S/C18H28N4S.HI/c1-18(2,16-7-6-12-23-16)14-20-17(19-3)22-11-8-15(13-22)21-9-4-5-10-21;/h4-7,12,15H,8-11,13-14H2,1-3H3,(H,19,20);1H. The van der Waals surface area contributed by atoms with Crippen LogP contribution < -0.4 is 5.32 Å². The lowest BCUT2D eigenvalue weighted by Gasteiger charge is -2.29. The van der Waals surface area contributed by atoms with Gasteiger partial charge in [-0.2, -0.15) is 0 Å². The predicted octanol–water partition coefficient (Wildman–Crippen LogP) is 3.17. The number of nitrogens with one attached hydrogen (secondary N) is 1. The first kappa shape index (κ1) is 19.7. The summed E-state index contributed by atoms with van der Waals surface area (Å²) < 4.78 is 0. The summed E-state index contributed by atoms with van der Waals surface area (Å²) in [6, 6.07) is 5.02. The molecule has 0 saturated carbocycles. The first-order valence-electron chi connectivity index (χ1n) is 8.49. The van der Waals surface area contributed by atoms with E-state index in [4.69, 9.17) is 0 Å². The monoisotopic (exact) mass is 460 g/mol. The van der Waals surface area contributed by atoms with Gasteiger partial charge in [0.15, 0.2) is 5.96 Å². The van der Waals surface area contributed by atoms with Gasteiger partial charge in [0.2, 0.25) is 0 Å². The maximum atomic E-state index is 4.52. The van der Waals surface area contributed by atoms with Crippen molar-refractivity contribution in [3.8, 4) is 0 Å². The van der Waals surface area contributed by atoms with Crippen LogP contribution in [-0.2, 0) is 5.41 Å². The minimum Gasteiger partial charge on any atom is -0.355 e. The summed E-state index contributed by atoms with van der Waals surface area (Å²) in [5.74, 6) is 1.05. The van der Waals surface area contributed by atoms with Gasteiger partial charge in [0.1, 0.15) is 0 Å². The molecule has 2 aliphatic heterocycles. The molecule has 134 valence electrons. The molecule has 1 unspecified atom stereocenters. The van der Waals surface area contributed by atoms with Crippen LogP contribution in [-0.4, -0.2) is 61.6 Å². The molecule has 1 saturated heterocycles. The van der Waals surface area contributed by atoms with Gasteiger partial charge in [-0.25, -0.2) is 0 Å². The summed E-state index contributed by atoms with van der Waals surface area (Å²) in [6.45, 7) is 9.89. The van der Waals surface area contributed by atoms with Crippen molar-refractivity contribution in [3.05, 3.63) is 34.5 Å². The van der Waals surface area contributed by atoms with Crippen LogP contribution in [0.25, 0.3) is 0 Å². The number of likely N-dealkylation sites (tertiary alicyclic amines) is 1. The Bertz CT molecular complexity index is 560. The van der Waals surface area contributed by atoms with E-state index in [1.807, 2.05) is 18.4 Å². The van der Waals surface area contributed by atoms with E-state index in [-0.39, 0.29) is 29.4 Å². The van der Waals surface area contributed by atoms with Gasteiger partial charge >= 0.3 is 0 Å². The topological polar surface area (TPSA) is 30.9 Å². The molecule has 0 bridgehead atoms. The summed E-state index contributed by atoms with van der Waals surface area (Å²) in [5.41, 5.74) is 0.127. The number of halogens is 1. The second-order valence-corrected chi connectivity index (χ2v) is 8.02. The molecule has 1 aromatic rings. The third-order valence-corrected chi connectivity index (χ3v) is 6.15. The molecule has 6 heteroatoms. The van der Waals surface area contributed by atoms with E-state index < -0.39 is 0 Å². The van der Waals surface area contributed by atoms with E-state index in [9.17, 15) is 0 Å². The van der Waals surface area contributed by atoms with Crippen molar-refractivity contribution in [1.82, 2.24) is 15.1 Å². The Balaban J connectivity index is 0.00000208. The Morgan fingerprint density at radius 2 is 2.12 bits per heavy atom. The van der Waals surface area contributed by atoms with Crippen LogP contribution in [0.1, 0.15) is 25.1 Å². The van der Waals surface area contributed by atoms with Gasteiger partial charge in [0.25, 0.3) is 0 Å². The van der Waals surface area contributed by atoms with Crippen molar-refractivity contribution in [2.75, 3.05) is 39.8 Å². The van der Waals surface area contributed by atoms with Crippen LogP contribution in [0.4, 0.5) is 0 Å². The van der Waals surface area contributed by atoms with Gasteiger partial charge < -0.3 is 10.2 Å². The average molecular weight is 460 g/mol. The number of guanidine groups is 1. The third kappa shape index (κ3) is 4.52. The highest BCUT2D eigenvalue weighted by Gasteiger charge is 2.30. The van der Waals surface area contributed by atoms with E-state index in [1.165, 1.54) is 11.3 Å². The Kier molecular flexibility index (Phi) is 7.12. The lowest BCUT2D eigenvalue weighted by Crippen LogP contribution is -2.46. The Morgan fingerprint density at radius 1 is 1.38 bits per heavy atom. The summed E-state index contributed by atoms with van der Waals surface area (Å²) >= 11 is 1.83. The second kappa shape index (κ2) is 8.67. The smallest absolute Gasteiger partial charge is 0.193 e. The highest BCUT2D eigenvalue weighted by atomic mass is 127. The SMILES string of the molecule is CN=C(NCC(C)(C)c1cccs1)N1CCC(N2CC=CC2)C1.I. The molecule has 1 N–H and O–H groups in total.